The molecule has 3 rings (SSSR count). The first-order valence-corrected chi connectivity index (χ1v) is 7.32. The second kappa shape index (κ2) is 6.40. The van der Waals surface area contributed by atoms with E-state index >= 15 is 0 Å². The van der Waals surface area contributed by atoms with Gasteiger partial charge in [-0.2, -0.15) is 0 Å². The maximum Gasteiger partial charge on any atom is 0.488 e. The molecule has 0 saturated carbocycles. The fraction of sp³-hybridized carbons (Fsp3) is 0.250. The molecule has 23 heavy (non-hydrogen) atoms. The van der Waals surface area contributed by atoms with Gasteiger partial charge in [0.1, 0.15) is 0 Å². The Morgan fingerprint density at radius 3 is 2.35 bits per heavy atom. The highest BCUT2D eigenvalue weighted by Crippen LogP contribution is 2.41. The molecule has 0 radical (unpaired) electrons. The van der Waals surface area contributed by atoms with Crippen molar-refractivity contribution in [1.82, 2.24) is 0 Å². The molecule has 120 valence electrons. The highest BCUT2D eigenvalue weighted by atomic mass is 16.5. The van der Waals surface area contributed by atoms with Crippen LogP contribution in [0.5, 0.6) is 11.5 Å². The molecule has 2 aromatic carbocycles. The molecule has 1 heterocycles. The van der Waals surface area contributed by atoms with Crippen molar-refractivity contribution in [3.8, 4) is 11.5 Å². The summed E-state index contributed by atoms with van der Waals surface area (Å²) in [4.78, 5) is 2.18. The van der Waals surface area contributed by atoms with Gasteiger partial charge in [-0.25, -0.2) is 0 Å². The first-order valence-electron chi connectivity index (χ1n) is 7.32. The lowest BCUT2D eigenvalue weighted by Gasteiger charge is -2.19. The van der Waals surface area contributed by atoms with Crippen molar-refractivity contribution >= 4 is 24.0 Å². The Hall–Kier alpha value is -2.38. The number of nitrogens with one attached hydrogen (secondary N) is 1. The van der Waals surface area contributed by atoms with Crippen LogP contribution in [0.25, 0.3) is 0 Å². The summed E-state index contributed by atoms with van der Waals surface area (Å²) in [5, 5.41) is 21.6. The van der Waals surface area contributed by atoms with Crippen LogP contribution in [0.2, 0.25) is 0 Å². The van der Waals surface area contributed by atoms with Gasteiger partial charge >= 0.3 is 7.12 Å². The number of hydrogen-bond acceptors (Lipinski definition) is 6. The Morgan fingerprint density at radius 2 is 1.74 bits per heavy atom. The van der Waals surface area contributed by atoms with Crippen LogP contribution in [-0.4, -0.2) is 38.1 Å². The predicted molar refractivity (Wildman–Crippen MR) is 90.5 cm³/mol. The summed E-state index contributed by atoms with van der Waals surface area (Å²) in [5.74, 6) is 1.39. The van der Waals surface area contributed by atoms with Crippen LogP contribution >= 0.6 is 0 Å². The van der Waals surface area contributed by atoms with Gasteiger partial charge in [0.05, 0.1) is 32.3 Å². The van der Waals surface area contributed by atoms with Gasteiger partial charge in [0.15, 0.2) is 11.5 Å². The quantitative estimate of drug-likeness (QED) is 0.708. The molecule has 0 bridgehead atoms. The SMILES string of the molecule is COc1cc2c(cc1OC)N(Cc1ccc(B(O)O)cc1)CN2. The van der Waals surface area contributed by atoms with E-state index in [2.05, 4.69) is 10.2 Å². The van der Waals surface area contributed by atoms with Crippen molar-refractivity contribution in [2.24, 2.45) is 0 Å². The summed E-state index contributed by atoms with van der Waals surface area (Å²) in [6.07, 6.45) is 0. The number of methoxy groups -OCH3 is 2. The number of hydrogen-bond donors (Lipinski definition) is 3. The average Bonchev–Trinajstić information content (AvgIpc) is 2.96. The molecule has 0 aliphatic carbocycles. The van der Waals surface area contributed by atoms with Gasteiger partial charge in [-0.1, -0.05) is 24.3 Å². The van der Waals surface area contributed by atoms with E-state index < -0.39 is 7.12 Å². The predicted octanol–water partition coefficient (Wildman–Crippen LogP) is 0.773. The van der Waals surface area contributed by atoms with E-state index in [-0.39, 0.29) is 0 Å². The standard InChI is InChI=1S/C16H19BN2O4/c1-22-15-7-13-14(8-16(15)23-2)19(10-18-13)9-11-3-5-12(6-4-11)17(20)21/h3-8,18,20-21H,9-10H2,1-2H3. The van der Waals surface area contributed by atoms with Gasteiger partial charge in [-0.3, -0.25) is 0 Å². The summed E-state index contributed by atoms with van der Waals surface area (Å²) >= 11 is 0. The molecule has 0 atom stereocenters. The molecule has 0 spiro atoms. The van der Waals surface area contributed by atoms with Crippen LogP contribution < -0.4 is 25.2 Å². The van der Waals surface area contributed by atoms with E-state index in [1.165, 1.54) is 0 Å². The Kier molecular flexibility index (Phi) is 4.32. The molecule has 0 fully saturated rings. The van der Waals surface area contributed by atoms with E-state index in [1.807, 2.05) is 24.3 Å². The molecular weight excluding hydrogens is 295 g/mol. The van der Waals surface area contributed by atoms with Crippen LogP contribution in [0.3, 0.4) is 0 Å². The zero-order chi connectivity index (χ0) is 16.4. The van der Waals surface area contributed by atoms with E-state index in [1.54, 1.807) is 26.4 Å². The highest BCUT2D eigenvalue weighted by Gasteiger charge is 2.22. The lowest BCUT2D eigenvalue weighted by Crippen LogP contribution is -2.29. The number of benzene rings is 2. The van der Waals surface area contributed by atoms with Crippen molar-refractivity contribution in [1.29, 1.82) is 0 Å². The third kappa shape index (κ3) is 3.06. The molecule has 1 aliphatic heterocycles. The van der Waals surface area contributed by atoms with Crippen LogP contribution in [0.4, 0.5) is 11.4 Å². The van der Waals surface area contributed by atoms with Gasteiger partial charge in [0, 0.05) is 18.7 Å². The zero-order valence-corrected chi connectivity index (χ0v) is 13.1. The summed E-state index contributed by atoms with van der Waals surface area (Å²) in [7, 11) is 1.80. The molecule has 7 heteroatoms. The van der Waals surface area contributed by atoms with Crippen molar-refractivity contribution in [3.05, 3.63) is 42.0 Å². The Balaban J connectivity index is 1.82. The van der Waals surface area contributed by atoms with Crippen molar-refractivity contribution in [2.75, 3.05) is 31.1 Å². The van der Waals surface area contributed by atoms with Crippen LogP contribution in [0, 0.1) is 0 Å². The third-order valence-electron chi connectivity index (χ3n) is 3.95. The molecule has 6 nitrogen and oxygen atoms in total. The summed E-state index contributed by atoms with van der Waals surface area (Å²) in [6, 6.07) is 11.1. The fourth-order valence-electron chi connectivity index (χ4n) is 2.69. The van der Waals surface area contributed by atoms with Gasteiger partial charge in [0.2, 0.25) is 0 Å². The van der Waals surface area contributed by atoms with E-state index in [0.717, 1.165) is 16.9 Å². The number of anilines is 2. The Bertz CT molecular complexity index is 691. The lowest BCUT2D eigenvalue weighted by molar-refractivity contribution is 0.355. The van der Waals surface area contributed by atoms with Gasteiger partial charge in [-0.05, 0) is 11.0 Å². The molecule has 2 aromatic rings. The summed E-state index contributed by atoms with van der Waals surface area (Å²) in [6.45, 7) is 1.40. The first-order chi connectivity index (χ1) is 11.1. The molecule has 1 aliphatic rings. The smallest absolute Gasteiger partial charge is 0.488 e. The normalized spacial score (nSPS) is 12.6. The second-order valence-electron chi connectivity index (χ2n) is 5.37. The number of rotatable bonds is 5. The number of ether oxygens (including phenoxy) is 2. The molecule has 0 unspecified atom stereocenters. The molecular formula is C16H19BN2O4. The van der Waals surface area contributed by atoms with Crippen molar-refractivity contribution in [3.63, 3.8) is 0 Å². The van der Waals surface area contributed by atoms with Crippen LogP contribution in [0.15, 0.2) is 36.4 Å². The van der Waals surface area contributed by atoms with E-state index in [4.69, 9.17) is 19.5 Å². The van der Waals surface area contributed by atoms with Gasteiger partial charge in [0.25, 0.3) is 0 Å². The number of fused-ring (bicyclic) bond motifs is 1. The van der Waals surface area contributed by atoms with Crippen LogP contribution in [0.1, 0.15) is 5.56 Å². The second-order valence-corrected chi connectivity index (χ2v) is 5.37. The maximum absolute atomic E-state index is 9.15. The summed E-state index contributed by atoms with van der Waals surface area (Å²) < 4.78 is 10.7. The minimum absolute atomic E-state index is 0.486. The Morgan fingerprint density at radius 1 is 1.09 bits per heavy atom. The first kappa shape index (κ1) is 15.5. The van der Waals surface area contributed by atoms with E-state index in [0.29, 0.717) is 30.2 Å². The van der Waals surface area contributed by atoms with Crippen molar-refractivity contribution < 1.29 is 19.5 Å². The molecule has 0 amide bonds. The minimum atomic E-state index is -1.44. The maximum atomic E-state index is 9.15. The van der Waals surface area contributed by atoms with Gasteiger partial charge < -0.3 is 29.7 Å². The zero-order valence-electron chi connectivity index (χ0n) is 13.1. The highest BCUT2D eigenvalue weighted by molar-refractivity contribution is 6.58. The Labute approximate surface area is 135 Å². The third-order valence-corrected chi connectivity index (χ3v) is 3.95. The molecule has 3 N–H and O–H groups in total. The fourth-order valence-corrected chi connectivity index (χ4v) is 2.69. The average molecular weight is 314 g/mol. The number of nitrogens with zero attached hydrogens (tertiary/aromatic N) is 1. The van der Waals surface area contributed by atoms with E-state index in [9.17, 15) is 0 Å². The monoisotopic (exact) mass is 314 g/mol. The largest absolute Gasteiger partial charge is 0.493 e. The molecule has 0 aromatic heterocycles. The van der Waals surface area contributed by atoms with Crippen molar-refractivity contribution in [2.45, 2.75) is 6.54 Å². The van der Waals surface area contributed by atoms with Gasteiger partial charge in [-0.15, -0.1) is 0 Å². The van der Waals surface area contributed by atoms with Crippen LogP contribution in [-0.2, 0) is 6.54 Å². The summed E-state index contributed by atoms with van der Waals surface area (Å²) in [5.41, 5.74) is 3.62. The lowest BCUT2D eigenvalue weighted by atomic mass is 9.80. The topological polar surface area (TPSA) is 74.2 Å². The molecule has 0 saturated heterocycles. The minimum Gasteiger partial charge on any atom is -0.493 e.